The summed E-state index contributed by atoms with van der Waals surface area (Å²) in [5.41, 5.74) is 6.22. The molecule has 4 aliphatic rings. The van der Waals surface area contributed by atoms with Crippen molar-refractivity contribution in [2.24, 2.45) is 0 Å². The largest absolute Gasteiger partial charge is 0.368 e. The van der Waals surface area contributed by atoms with Gasteiger partial charge in [0.15, 0.2) is 0 Å². The Morgan fingerprint density at radius 3 is 2.76 bits per heavy atom. The van der Waals surface area contributed by atoms with Crippen LogP contribution in [-0.2, 0) is 22.6 Å². The minimum Gasteiger partial charge on any atom is -0.368 e. The lowest BCUT2D eigenvalue weighted by molar-refractivity contribution is -0.138. The maximum atomic E-state index is 12.2. The molecule has 0 unspecified atom stereocenters. The summed E-state index contributed by atoms with van der Waals surface area (Å²) in [6.45, 7) is 2.55. The van der Waals surface area contributed by atoms with Gasteiger partial charge in [-0.2, -0.15) is 0 Å². The van der Waals surface area contributed by atoms with Crippen molar-refractivity contribution < 1.29 is 9.59 Å². The fourth-order valence-electron chi connectivity index (χ4n) is 7.16. The number of halogens is 1. The summed E-state index contributed by atoms with van der Waals surface area (Å²) in [5.74, 6) is -0.164. The Balaban J connectivity index is 1.29. The molecule has 2 amide bonds. The van der Waals surface area contributed by atoms with E-state index in [1.807, 2.05) is 12.3 Å². The van der Waals surface area contributed by atoms with Crippen LogP contribution in [0, 0.1) is 0 Å². The normalized spacial score (nSPS) is 25.7. The number of fused-ring (bicyclic) bond motifs is 2. The Bertz CT molecular complexity index is 1400. The van der Waals surface area contributed by atoms with Crippen molar-refractivity contribution in [1.29, 1.82) is 0 Å². The number of aryl methyl sites for hydroxylation is 1. The standard InChI is InChI=1S/C29H31ClN4O2S/c30-19-13-18-3-1-12-33(20-6-9-29(16-20)8-2-10-32-29)27(18)23(14-19)22-7-11-31-24-15-21(37-28(22)24)17-34-25(35)4-5-26(34)36/h7,11,13-15,20,32H,1-6,8-10,12,16-17H2/t20-,29-/m1/s1. The van der Waals surface area contributed by atoms with Crippen molar-refractivity contribution >= 4 is 50.7 Å². The number of likely N-dealkylation sites (tertiary alicyclic amines) is 1. The summed E-state index contributed by atoms with van der Waals surface area (Å²) in [6, 6.07) is 8.95. The van der Waals surface area contributed by atoms with Gasteiger partial charge in [0.2, 0.25) is 11.8 Å². The van der Waals surface area contributed by atoms with Crippen LogP contribution in [0.4, 0.5) is 5.69 Å². The summed E-state index contributed by atoms with van der Waals surface area (Å²) in [5, 5.41) is 4.61. The number of rotatable bonds is 4. The minimum absolute atomic E-state index is 0.0821. The topological polar surface area (TPSA) is 65.5 Å². The molecule has 2 saturated heterocycles. The minimum atomic E-state index is -0.0821. The van der Waals surface area contributed by atoms with E-state index in [-0.39, 0.29) is 11.8 Å². The fourth-order valence-corrected chi connectivity index (χ4v) is 8.53. The molecule has 1 aliphatic carbocycles. The number of benzene rings is 1. The second-order valence-electron chi connectivity index (χ2n) is 11.1. The molecule has 8 heteroatoms. The molecule has 5 heterocycles. The molecule has 192 valence electrons. The molecule has 37 heavy (non-hydrogen) atoms. The van der Waals surface area contributed by atoms with E-state index in [1.54, 1.807) is 11.3 Å². The Hall–Kier alpha value is -2.48. The highest BCUT2D eigenvalue weighted by molar-refractivity contribution is 7.19. The van der Waals surface area contributed by atoms with E-state index in [1.165, 1.54) is 53.8 Å². The summed E-state index contributed by atoms with van der Waals surface area (Å²) in [6.07, 6.45) is 11.0. The van der Waals surface area contributed by atoms with Crippen LogP contribution in [0.5, 0.6) is 0 Å². The predicted molar refractivity (Wildman–Crippen MR) is 148 cm³/mol. The van der Waals surface area contributed by atoms with Crippen molar-refractivity contribution in [1.82, 2.24) is 15.2 Å². The lowest BCUT2D eigenvalue weighted by Crippen LogP contribution is -2.42. The zero-order valence-corrected chi connectivity index (χ0v) is 22.5. The molecule has 1 spiro atoms. The van der Waals surface area contributed by atoms with Gasteiger partial charge in [-0.05, 0) is 81.3 Å². The fraction of sp³-hybridized carbons (Fsp3) is 0.483. The highest BCUT2D eigenvalue weighted by Crippen LogP contribution is 2.47. The first-order valence-corrected chi connectivity index (χ1v) is 14.7. The van der Waals surface area contributed by atoms with Gasteiger partial charge in [-0.25, -0.2) is 0 Å². The number of nitrogens with zero attached hydrogens (tertiary/aromatic N) is 3. The number of carbonyl (C=O) groups excluding carboxylic acids is 2. The van der Waals surface area contributed by atoms with Crippen LogP contribution in [0.25, 0.3) is 21.3 Å². The highest BCUT2D eigenvalue weighted by Gasteiger charge is 2.44. The van der Waals surface area contributed by atoms with E-state index in [9.17, 15) is 9.59 Å². The summed E-state index contributed by atoms with van der Waals surface area (Å²) >= 11 is 8.35. The molecule has 1 aromatic carbocycles. The molecule has 1 N–H and O–H groups in total. The van der Waals surface area contributed by atoms with Crippen molar-refractivity contribution in [3.63, 3.8) is 0 Å². The maximum absolute atomic E-state index is 12.2. The molecular formula is C29H31ClN4O2S. The second kappa shape index (κ2) is 9.07. The molecule has 2 atom stereocenters. The maximum Gasteiger partial charge on any atom is 0.230 e. The monoisotopic (exact) mass is 534 g/mol. The van der Waals surface area contributed by atoms with E-state index in [0.717, 1.165) is 51.6 Å². The number of imide groups is 1. The van der Waals surface area contributed by atoms with E-state index in [4.69, 9.17) is 11.6 Å². The van der Waals surface area contributed by atoms with Gasteiger partial charge in [0.1, 0.15) is 0 Å². The average molecular weight is 535 g/mol. The Morgan fingerprint density at radius 2 is 1.95 bits per heavy atom. The van der Waals surface area contributed by atoms with Crippen molar-refractivity contribution in [2.75, 3.05) is 18.0 Å². The summed E-state index contributed by atoms with van der Waals surface area (Å²) in [7, 11) is 0. The number of aromatic nitrogens is 1. The third kappa shape index (κ3) is 4.06. The van der Waals surface area contributed by atoms with Crippen molar-refractivity contribution in [3.8, 4) is 11.1 Å². The molecular weight excluding hydrogens is 504 g/mol. The number of carbonyl (C=O) groups is 2. The van der Waals surface area contributed by atoms with Crippen LogP contribution in [0.2, 0.25) is 5.02 Å². The number of pyridine rings is 1. The molecule has 3 aromatic rings. The Morgan fingerprint density at radius 1 is 1.08 bits per heavy atom. The van der Waals surface area contributed by atoms with Gasteiger partial charge in [0.25, 0.3) is 0 Å². The van der Waals surface area contributed by atoms with Crippen LogP contribution in [0.3, 0.4) is 0 Å². The first kappa shape index (κ1) is 23.6. The number of hydrogen-bond donors (Lipinski definition) is 1. The third-order valence-electron chi connectivity index (χ3n) is 8.86. The van der Waals surface area contributed by atoms with Crippen LogP contribution in [0.1, 0.15) is 61.8 Å². The number of amides is 2. The van der Waals surface area contributed by atoms with Gasteiger partial charge >= 0.3 is 0 Å². The van der Waals surface area contributed by atoms with Gasteiger partial charge < -0.3 is 10.2 Å². The van der Waals surface area contributed by atoms with Gasteiger partial charge in [0.05, 0.1) is 16.8 Å². The average Bonchev–Trinajstić information content (AvgIpc) is 3.69. The van der Waals surface area contributed by atoms with Crippen molar-refractivity contribution in [2.45, 2.75) is 75.9 Å². The number of nitrogens with one attached hydrogen (secondary N) is 1. The van der Waals surface area contributed by atoms with E-state index >= 15 is 0 Å². The smallest absolute Gasteiger partial charge is 0.230 e. The quantitative estimate of drug-likeness (QED) is 0.435. The Kier molecular flexibility index (Phi) is 5.79. The first-order valence-electron chi connectivity index (χ1n) is 13.5. The predicted octanol–water partition coefficient (Wildman–Crippen LogP) is 5.69. The van der Waals surface area contributed by atoms with Crippen LogP contribution in [0.15, 0.2) is 30.5 Å². The summed E-state index contributed by atoms with van der Waals surface area (Å²) in [4.78, 5) is 34.1. The zero-order chi connectivity index (χ0) is 25.1. The van der Waals surface area contributed by atoms with E-state index < -0.39 is 0 Å². The van der Waals surface area contributed by atoms with Crippen LogP contribution >= 0.6 is 22.9 Å². The lowest BCUT2D eigenvalue weighted by atomic mass is 9.91. The molecule has 3 aliphatic heterocycles. The molecule has 3 fully saturated rings. The molecule has 6 nitrogen and oxygen atoms in total. The molecule has 0 radical (unpaired) electrons. The van der Waals surface area contributed by atoms with Crippen molar-refractivity contribution in [3.05, 3.63) is 45.9 Å². The molecule has 2 aromatic heterocycles. The van der Waals surface area contributed by atoms with Gasteiger partial charge in [-0.1, -0.05) is 11.6 Å². The molecule has 7 rings (SSSR count). The third-order valence-corrected chi connectivity index (χ3v) is 10.2. The van der Waals surface area contributed by atoms with Gasteiger partial charge in [0, 0.05) is 63.9 Å². The molecule has 0 bridgehead atoms. The van der Waals surface area contributed by atoms with E-state index in [0.29, 0.717) is 31.0 Å². The first-order chi connectivity index (χ1) is 18.0. The summed E-state index contributed by atoms with van der Waals surface area (Å²) < 4.78 is 1.09. The SMILES string of the molecule is O=C1CCC(=O)N1Cc1cc2nccc(-c3cc(Cl)cc4c3N([C@@H]3CC[C@]5(CCCN5)C3)CCC4)c2s1. The zero-order valence-electron chi connectivity index (χ0n) is 20.9. The number of hydrogen-bond acceptors (Lipinski definition) is 6. The highest BCUT2D eigenvalue weighted by atomic mass is 35.5. The number of anilines is 1. The van der Waals surface area contributed by atoms with Crippen LogP contribution < -0.4 is 10.2 Å². The van der Waals surface area contributed by atoms with Crippen LogP contribution in [-0.4, -0.2) is 46.4 Å². The molecule has 1 saturated carbocycles. The lowest BCUT2D eigenvalue weighted by Gasteiger charge is -2.39. The second-order valence-corrected chi connectivity index (χ2v) is 12.7. The van der Waals surface area contributed by atoms with Gasteiger partial charge in [-0.3, -0.25) is 19.5 Å². The van der Waals surface area contributed by atoms with Gasteiger partial charge in [-0.15, -0.1) is 11.3 Å². The Labute approximate surface area is 226 Å². The number of thiophene rings is 1. The van der Waals surface area contributed by atoms with E-state index in [2.05, 4.69) is 33.4 Å².